The molecular weight excluding hydrogens is 416 g/mol. The van der Waals surface area contributed by atoms with E-state index in [2.05, 4.69) is 10.6 Å². The highest BCUT2D eigenvalue weighted by Crippen LogP contribution is 2.24. The molecule has 1 aliphatic rings. The lowest BCUT2D eigenvalue weighted by molar-refractivity contribution is -0.129. The first-order valence-corrected chi connectivity index (χ1v) is 10.9. The van der Waals surface area contributed by atoms with Gasteiger partial charge in [-0.3, -0.25) is 19.3 Å². The van der Waals surface area contributed by atoms with Gasteiger partial charge in [-0.15, -0.1) is 0 Å². The smallest absolute Gasteiger partial charge is 0.233 e. The normalized spacial score (nSPS) is 13.7. The Morgan fingerprint density at radius 1 is 0.818 bits per heavy atom. The van der Waals surface area contributed by atoms with Gasteiger partial charge in [-0.1, -0.05) is 24.3 Å². The minimum Gasteiger partial charge on any atom is -0.356 e. The van der Waals surface area contributed by atoms with Gasteiger partial charge in [-0.2, -0.15) is 0 Å². The SMILES string of the molecule is NCc1cccc(Nc2cccc(CC(=O)Nc3ccc(N4C(=O)CCCC4=O)cc3)c2)c1. The molecule has 1 heterocycles. The van der Waals surface area contributed by atoms with E-state index in [4.69, 9.17) is 5.73 Å². The molecule has 3 amide bonds. The van der Waals surface area contributed by atoms with E-state index in [1.807, 2.05) is 48.5 Å². The Morgan fingerprint density at radius 2 is 1.42 bits per heavy atom. The third kappa shape index (κ3) is 5.64. The number of nitrogens with zero attached hydrogens (tertiary/aromatic N) is 1. The van der Waals surface area contributed by atoms with Crippen LogP contribution in [0.5, 0.6) is 0 Å². The molecule has 4 rings (SSSR count). The molecule has 1 aliphatic heterocycles. The van der Waals surface area contributed by atoms with Crippen molar-refractivity contribution in [2.75, 3.05) is 15.5 Å². The van der Waals surface area contributed by atoms with E-state index in [1.165, 1.54) is 4.90 Å². The van der Waals surface area contributed by atoms with Gasteiger partial charge in [-0.05, 0) is 66.1 Å². The number of hydrogen-bond acceptors (Lipinski definition) is 5. The van der Waals surface area contributed by atoms with Crippen molar-refractivity contribution < 1.29 is 14.4 Å². The first kappa shape index (κ1) is 22.2. The lowest BCUT2D eigenvalue weighted by Crippen LogP contribution is -2.40. The molecule has 7 nitrogen and oxygen atoms in total. The number of carbonyl (C=O) groups is 3. The molecule has 0 spiro atoms. The first-order valence-electron chi connectivity index (χ1n) is 10.9. The summed E-state index contributed by atoms with van der Waals surface area (Å²) >= 11 is 0. The Morgan fingerprint density at radius 3 is 2.06 bits per heavy atom. The van der Waals surface area contributed by atoms with Crippen LogP contribution in [0.15, 0.2) is 72.8 Å². The fraction of sp³-hybridized carbons (Fsp3) is 0.192. The van der Waals surface area contributed by atoms with Crippen molar-refractivity contribution >= 4 is 40.5 Å². The van der Waals surface area contributed by atoms with Gasteiger partial charge in [0.15, 0.2) is 0 Å². The number of anilines is 4. The Kier molecular flexibility index (Phi) is 6.80. The third-order valence-electron chi connectivity index (χ3n) is 5.43. The molecule has 0 aliphatic carbocycles. The first-order chi connectivity index (χ1) is 16.0. The van der Waals surface area contributed by atoms with Crippen LogP contribution in [0.3, 0.4) is 0 Å². The molecule has 0 atom stereocenters. The Hall–Kier alpha value is -3.97. The molecule has 1 fully saturated rings. The summed E-state index contributed by atoms with van der Waals surface area (Å²) in [6.45, 7) is 0.474. The number of nitrogens with one attached hydrogen (secondary N) is 2. The van der Waals surface area contributed by atoms with Gasteiger partial charge in [0, 0.05) is 36.4 Å². The van der Waals surface area contributed by atoms with E-state index in [9.17, 15) is 14.4 Å². The second-order valence-corrected chi connectivity index (χ2v) is 7.98. The lowest BCUT2D eigenvalue weighted by Gasteiger charge is -2.24. The van der Waals surface area contributed by atoms with Crippen LogP contribution < -0.4 is 21.3 Å². The Bertz CT molecular complexity index is 1160. The predicted molar refractivity (Wildman–Crippen MR) is 129 cm³/mol. The number of benzene rings is 3. The van der Waals surface area contributed by atoms with Crippen molar-refractivity contribution in [2.24, 2.45) is 5.73 Å². The molecule has 3 aromatic carbocycles. The number of rotatable bonds is 7. The minimum absolute atomic E-state index is 0.157. The van der Waals surface area contributed by atoms with Crippen LogP contribution in [0.4, 0.5) is 22.7 Å². The van der Waals surface area contributed by atoms with Crippen molar-refractivity contribution in [1.82, 2.24) is 0 Å². The summed E-state index contributed by atoms with van der Waals surface area (Å²) in [4.78, 5) is 37.9. The second-order valence-electron chi connectivity index (χ2n) is 7.98. The van der Waals surface area contributed by atoms with E-state index >= 15 is 0 Å². The zero-order valence-corrected chi connectivity index (χ0v) is 18.2. The molecule has 0 radical (unpaired) electrons. The standard InChI is InChI=1S/C26H26N4O3/c27-17-19-5-2-7-22(15-19)28-21-6-1-4-18(14-21)16-24(31)29-20-10-12-23(13-11-20)30-25(32)8-3-9-26(30)33/h1-2,4-7,10-15,28H,3,8-9,16-17,27H2,(H,29,31). The summed E-state index contributed by atoms with van der Waals surface area (Å²) in [7, 11) is 0. The van der Waals surface area contributed by atoms with Gasteiger partial charge in [0.05, 0.1) is 12.1 Å². The highest BCUT2D eigenvalue weighted by atomic mass is 16.2. The van der Waals surface area contributed by atoms with E-state index in [0.717, 1.165) is 22.5 Å². The fourth-order valence-electron chi connectivity index (χ4n) is 3.83. The van der Waals surface area contributed by atoms with Crippen LogP contribution in [0.25, 0.3) is 0 Å². The van der Waals surface area contributed by atoms with Gasteiger partial charge in [0.1, 0.15) is 0 Å². The van der Waals surface area contributed by atoms with Gasteiger partial charge < -0.3 is 16.4 Å². The molecular formula is C26H26N4O3. The largest absolute Gasteiger partial charge is 0.356 e. The molecule has 0 aromatic heterocycles. The summed E-state index contributed by atoms with van der Waals surface area (Å²) in [5.41, 5.74) is 10.6. The maximum Gasteiger partial charge on any atom is 0.233 e. The Labute approximate surface area is 192 Å². The number of carbonyl (C=O) groups excluding carboxylic acids is 3. The van der Waals surface area contributed by atoms with Crippen LogP contribution in [0, 0.1) is 0 Å². The van der Waals surface area contributed by atoms with E-state index in [1.54, 1.807) is 24.3 Å². The average molecular weight is 443 g/mol. The topological polar surface area (TPSA) is 105 Å². The summed E-state index contributed by atoms with van der Waals surface area (Å²) in [6, 6.07) is 22.3. The molecule has 0 bridgehead atoms. The zero-order chi connectivity index (χ0) is 23.2. The molecule has 3 aromatic rings. The third-order valence-corrected chi connectivity index (χ3v) is 5.43. The van der Waals surface area contributed by atoms with Gasteiger partial charge >= 0.3 is 0 Å². The number of nitrogens with two attached hydrogens (primary N) is 1. The number of imide groups is 1. The molecule has 7 heteroatoms. The maximum atomic E-state index is 12.6. The second kappa shape index (κ2) is 10.1. The van der Waals surface area contributed by atoms with Crippen LogP contribution in [0.2, 0.25) is 0 Å². The summed E-state index contributed by atoms with van der Waals surface area (Å²) in [5.74, 6) is -0.535. The van der Waals surface area contributed by atoms with Crippen molar-refractivity contribution in [2.45, 2.75) is 32.2 Å². The highest BCUT2D eigenvalue weighted by Gasteiger charge is 2.27. The Balaban J connectivity index is 1.37. The lowest BCUT2D eigenvalue weighted by atomic mass is 10.1. The molecule has 0 saturated carbocycles. The van der Waals surface area contributed by atoms with E-state index < -0.39 is 0 Å². The zero-order valence-electron chi connectivity index (χ0n) is 18.2. The predicted octanol–water partition coefficient (Wildman–Crippen LogP) is 4.11. The van der Waals surface area contributed by atoms with Crippen LogP contribution in [0.1, 0.15) is 30.4 Å². The minimum atomic E-state index is -0.189. The highest BCUT2D eigenvalue weighted by molar-refractivity contribution is 6.16. The molecule has 4 N–H and O–H groups in total. The van der Waals surface area contributed by atoms with E-state index in [0.29, 0.717) is 37.2 Å². The van der Waals surface area contributed by atoms with Crippen LogP contribution in [-0.4, -0.2) is 17.7 Å². The van der Waals surface area contributed by atoms with Crippen molar-refractivity contribution in [3.8, 4) is 0 Å². The average Bonchev–Trinajstić information content (AvgIpc) is 2.80. The van der Waals surface area contributed by atoms with Crippen molar-refractivity contribution in [3.63, 3.8) is 0 Å². The summed E-state index contributed by atoms with van der Waals surface area (Å²) in [6.07, 6.45) is 1.55. The summed E-state index contributed by atoms with van der Waals surface area (Å²) in [5, 5.41) is 6.21. The van der Waals surface area contributed by atoms with Gasteiger partial charge in [0.25, 0.3) is 0 Å². The molecule has 1 saturated heterocycles. The van der Waals surface area contributed by atoms with Crippen LogP contribution in [-0.2, 0) is 27.3 Å². The fourth-order valence-corrected chi connectivity index (χ4v) is 3.83. The van der Waals surface area contributed by atoms with Gasteiger partial charge in [0.2, 0.25) is 17.7 Å². The monoisotopic (exact) mass is 442 g/mol. The maximum absolute atomic E-state index is 12.6. The summed E-state index contributed by atoms with van der Waals surface area (Å²) < 4.78 is 0. The van der Waals surface area contributed by atoms with Crippen molar-refractivity contribution in [1.29, 1.82) is 0 Å². The molecule has 0 unspecified atom stereocenters. The number of piperidine rings is 1. The van der Waals surface area contributed by atoms with E-state index in [-0.39, 0.29) is 24.1 Å². The number of hydrogen-bond donors (Lipinski definition) is 3. The molecule has 33 heavy (non-hydrogen) atoms. The van der Waals surface area contributed by atoms with Gasteiger partial charge in [-0.25, -0.2) is 0 Å². The van der Waals surface area contributed by atoms with Crippen LogP contribution >= 0.6 is 0 Å². The quantitative estimate of drug-likeness (QED) is 0.478. The molecule has 168 valence electrons. The van der Waals surface area contributed by atoms with Crippen molar-refractivity contribution in [3.05, 3.63) is 83.9 Å². The number of amides is 3.